The van der Waals surface area contributed by atoms with E-state index in [9.17, 15) is 0 Å². The molecule has 0 radical (unpaired) electrons. The molecule has 0 bridgehead atoms. The number of H-pyrrole nitrogens is 2. The quantitative estimate of drug-likeness (QED) is 0.649. The molecule has 0 amide bonds. The van der Waals surface area contributed by atoms with Gasteiger partial charge in [0.2, 0.25) is 0 Å². The standard InChI is InChI=1S/C11H13N7/c1-6(2)14-11-9-7(3-4-12-11)15-17-10(9)8-5-13-18-16-8/h3-6H,1-2H3,(H,12,14)(H,15,17)(H,13,16,18). The lowest BCUT2D eigenvalue weighted by molar-refractivity contribution is 0.892. The van der Waals surface area contributed by atoms with E-state index in [2.05, 4.69) is 49.8 Å². The van der Waals surface area contributed by atoms with Crippen molar-refractivity contribution in [3.63, 3.8) is 0 Å². The van der Waals surface area contributed by atoms with Crippen LogP contribution in [0, 0.1) is 0 Å². The number of aromatic amines is 2. The van der Waals surface area contributed by atoms with E-state index in [-0.39, 0.29) is 0 Å². The molecule has 0 spiro atoms. The monoisotopic (exact) mass is 243 g/mol. The molecule has 3 aromatic rings. The van der Waals surface area contributed by atoms with Crippen molar-refractivity contribution in [3.8, 4) is 11.4 Å². The fraction of sp³-hybridized carbons (Fsp3) is 0.273. The summed E-state index contributed by atoms with van der Waals surface area (Å²) in [5, 5.41) is 21.9. The molecular formula is C11H13N7. The molecule has 7 nitrogen and oxygen atoms in total. The molecule has 7 heteroatoms. The van der Waals surface area contributed by atoms with Gasteiger partial charge in [-0.2, -0.15) is 20.5 Å². The van der Waals surface area contributed by atoms with Gasteiger partial charge in [-0.15, -0.1) is 0 Å². The maximum atomic E-state index is 4.36. The summed E-state index contributed by atoms with van der Waals surface area (Å²) in [5.74, 6) is 0.800. The Balaban J connectivity index is 2.21. The van der Waals surface area contributed by atoms with Crippen molar-refractivity contribution in [2.24, 2.45) is 0 Å². The van der Waals surface area contributed by atoms with E-state index in [0.717, 1.165) is 22.4 Å². The van der Waals surface area contributed by atoms with Crippen molar-refractivity contribution >= 4 is 16.7 Å². The molecule has 18 heavy (non-hydrogen) atoms. The molecule has 0 aliphatic carbocycles. The highest BCUT2D eigenvalue weighted by atomic mass is 15.3. The molecule has 3 heterocycles. The molecule has 0 atom stereocenters. The molecule has 0 fully saturated rings. The van der Waals surface area contributed by atoms with E-state index in [1.54, 1.807) is 12.4 Å². The van der Waals surface area contributed by atoms with Gasteiger partial charge in [0.25, 0.3) is 0 Å². The predicted molar refractivity (Wildman–Crippen MR) is 68.0 cm³/mol. The van der Waals surface area contributed by atoms with Crippen LogP contribution in [0.1, 0.15) is 13.8 Å². The van der Waals surface area contributed by atoms with Crippen molar-refractivity contribution in [1.29, 1.82) is 0 Å². The van der Waals surface area contributed by atoms with Crippen LogP contribution in [0.15, 0.2) is 18.5 Å². The zero-order valence-electron chi connectivity index (χ0n) is 10.1. The zero-order chi connectivity index (χ0) is 12.5. The van der Waals surface area contributed by atoms with Gasteiger partial charge in [-0.05, 0) is 19.9 Å². The summed E-state index contributed by atoms with van der Waals surface area (Å²) in [7, 11) is 0. The number of hydrogen-bond acceptors (Lipinski definition) is 5. The Bertz CT molecular complexity index is 653. The maximum Gasteiger partial charge on any atom is 0.137 e. The summed E-state index contributed by atoms with van der Waals surface area (Å²) in [6, 6.07) is 2.18. The third-order valence-electron chi connectivity index (χ3n) is 2.56. The number of nitrogens with one attached hydrogen (secondary N) is 3. The second-order valence-corrected chi connectivity index (χ2v) is 4.31. The SMILES string of the molecule is CC(C)Nc1nccc2[nH]nc(-c3cn[nH]n3)c12. The van der Waals surface area contributed by atoms with Gasteiger partial charge in [-0.3, -0.25) is 5.10 Å². The van der Waals surface area contributed by atoms with E-state index < -0.39 is 0 Å². The van der Waals surface area contributed by atoms with Crippen LogP contribution >= 0.6 is 0 Å². The van der Waals surface area contributed by atoms with Crippen LogP contribution in [0.25, 0.3) is 22.3 Å². The number of anilines is 1. The molecule has 3 rings (SSSR count). The van der Waals surface area contributed by atoms with Crippen molar-refractivity contribution in [3.05, 3.63) is 18.5 Å². The summed E-state index contributed by atoms with van der Waals surface area (Å²) in [6.45, 7) is 4.13. The summed E-state index contributed by atoms with van der Waals surface area (Å²) in [4.78, 5) is 4.36. The van der Waals surface area contributed by atoms with E-state index in [1.807, 2.05) is 6.07 Å². The van der Waals surface area contributed by atoms with Gasteiger partial charge in [0.1, 0.15) is 17.2 Å². The van der Waals surface area contributed by atoms with Crippen molar-refractivity contribution in [2.75, 3.05) is 5.32 Å². The Labute approximate surface area is 103 Å². The van der Waals surface area contributed by atoms with Crippen molar-refractivity contribution < 1.29 is 0 Å². The fourth-order valence-corrected chi connectivity index (χ4v) is 1.85. The smallest absolute Gasteiger partial charge is 0.137 e. The van der Waals surface area contributed by atoms with E-state index in [1.165, 1.54) is 0 Å². The highest BCUT2D eigenvalue weighted by Gasteiger charge is 2.15. The van der Waals surface area contributed by atoms with Gasteiger partial charge in [0, 0.05) is 12.2 Å². The molecule has 3 N–H and O–H groups in total. The normalized spacial score (nSPS) is 11.3. The molecule has 92 valence electrons. The first-order chi connectivity index (χ1) is 8.75. The first-order valence-corrected chi connectivity index (χ1v) is 5.71. The van der Waals surface area contributed by atoms with Crippen LogP contribution in [0.2, 0.25) is 0 Å². The van der Waals surface area contributed by atoms with Crippen LogP contribution in [-0.2, 0) is 0 Å². The lowest BCUT2D eigenvalue weighted by atomic mass is 10.2. The lowest BCUT2D eigenvalue weighted by Gasteiger charge is -2.09. The zero-order valence-corrected chi connectivity index (χ0v) is 10.1. The van der Waals surface area contributed by atoms with Gasteiger partial charge >= 0.3 is 0 Å². The average Bonchev–Trinajstić information content (AvgIpc) is 2.96. The summed E-state index contributed by atoms with van der Waals surface area (Å²) >= 11 is 0. The van der Waals surface area contributed by atoms with Crippen LogP contribution < -0.4 is 5.32 Å². The largest absolute Gasteiger partial charge is 0.367 e. The second-order valence-electron chi connectivity index (χ2n) is 4.31. The van der Waals surface area contributed by atoms with Crippen LogP contribution in [0.5, 0.6) is 0 Å². The van der Waals surface area contributed by atoms with E-state index in [0.29, 0.717) is 11.7 Å². The van der Waals surface area contributed by atoms with Gasteiger partial charge < -0.3 is 5.32 Å². The third kappa shape index (κ3) is 1.69. The first-order valence-electron chi connectivity index (χ1n) is 5.71. The fourth-order valence-electron chi connectivity index (χ4n) is 1.85. The van der Waals surface area contributed by atoms with Crippen LogP contribution in [0.4, 0.5) is 5.82 Å². The van der Waals surface area contributed by atoms with Crippen LogP contribution in [0.3, 0.4) is 0 Å². The Morgan fingerprint density at radius 3 is 2.89 bits per heavy atom. The molecule has 0 aliphatic heterocycles. The minimum absolute atomic E-state index is 0.295. The molecule has 0 aromatic carbocycles. The summed E-state index contributed by atoms with van der Waals surface area (Å²) in [5.41, 5.74) is 2.36. The van der Waals surface area contributed by atoms with Gasteiger partial charge in [0.15, 0.2) is 0 Å². The molecule has 3 aromatic heterocycles. The van der Waals surface area contributed by atoms with Crippen LogP contribution in [-0.4, -0.2) is 36.6 Å². The number of aromatic nitrogens is 6. The minimum Gasteiger partial charge on any atom is -0.367 e. The Morgan fingerprint density at radius 2 is 2.17 bits per heavy atom. The number of pyridine rings is 1. The molecule has 0 unspecified atom stereocenters. The number of nitrogens with zero attached hydrogens (tertiary/aromatic N) is 4. The van der Waals surface area contributed by atoms with Crippen molar-refractivity contribution in [2.45, 2.75) is 19.9 Å². The first kappa shape index (κ1) is 10.7. The third-order valence-corrected chi connectivity index (χ3v) is 2.56. The van der Waals surface area contributed by atoms with E-state index in [4.69, 9.17) is 0 Å². The lowest BCUT2D eigenvalue weighted by Crippen LogP contribution is -2.11. The van der Waals surface area contributed by atoms with Crippen molar-refractivity contribution in [1.82, 2.24) is 30.6 Å². The molecule has 0 saturated heterocycles. The maximum absolute atomic E-state index is 4.36. The summed E-state index contributed by atoms with van der Waals surface area (Å²) in [6.07, 6.45) is 3.39. The average molecular weight is 243 g/mol. The molecular weight excluding hydrogens is 230 g/mol. The van der Waals surface area contributed by atoms with Gasteiger partial charge in [0.05, 0.1) is 17.1 Å². The topological polar surface area (TPSA) is 95.2 Å². The highest BCUT2D eigenvalue weighted by molar-refractivity contribution is 5.99. The number of rotatable bonds is 3. The predicted octanol–water partition coefficient (Wildman–Crippen LogP) is 1.56. The Hall–Kier alpha value is -2.44. The van der Waals surface area contributed by atoms with E-state index >= 15 is 0 Å². The highest BCUT2D eigenvalue weighted by Crippen LogP contribution is 2.29. The molecule has 0 aliphatic rings. The second kappa shape index (κ2) is 4.10. The molecule has 0 saturated carbocycles. The van der Waals surface area contributed by atoms with Gasteiger partial charge in [-0.1, -0.05) is 0 Å². The number of fused-ring (bicyclic) bond motifs is 1. The Kier molecular flexibility index (Phi) is 2.44. The minimum atomic E-state index is 0.295. The number of hydrogen-bond donors (Lipinski definition) is 3. The Morgan fingerprint density at radius 1 is 1.28 bits per heavy atom. The van der Waals surface area contributed by atoms with Gasteiger partial charge in [-0.25, -0.2) is 4.98 Å². The summed E-state index contributed by atoms with van der Waals surface area (Å²) < 4.78 is 0.